The van der Waals surface area contributed by atoms with E-state index in [0.29, 0.717) is 5.25 Å². The van der Waals surface area contributed by atoms with Crippen molar-refractivity contribution in [2.75, 3.05) is 0 Å². The van der Waals surface area contributed by atoms with Crippen molar-refractivity contribution in [2.45, 2.75) is 58.1 Å². The van der Waals surface area contributed by atoms with Gasteiger partial charge in [0, 0.05) is 5.25 Å². The first-order valence-corrected chi connectivity index (χ1v) is 5.40. The minimum absolute atomic E-state index is 0.647. The van der Waals surface area contributed by atoms with Gasteiger partial charge in [0.15, 0.2) is 0 Å². The molecule has 0 bridgehead atoms. The molecule has 0 aromatic carbocycles. The molecule has 0 amide bonds. The van der Waals surface area contributed by atoms with Crippen LogP contribution in [-0.2, 0) is 0 Å². The largest absolute Gasteiger partial charge is 0.176 e. The molecule has 68 valence electrons. The van der Waals surface area contributed by atoms with Gasteiger partial charge in [-0.3, -0.25) is 0 Å². The molecule has 11 heavy (non-hydrogen) atoms. The van der Waals surface area contributed by atoms with Crippen molar-refractivity contribution in [3.05, 3.63) is 0 Å². The maximum atomic E-state index is 4.52. The van der Waals surface area contributed by atoms with Crippen LogP contribution in [0.2, 0.25) is 0 Å². The SMILES string of the molecule is CCCC(S)CCC(C)CC. The van der Waals surface area contributed by atoms with E-state index in [1.54, 1.807) is 0 Å². The highest BCUT2D eigenvalue weighted by Gasteiger charge is 2.04. The average Bonchev–Trinajstić information content (AvgIpc) is 2.01. The smallest absolute Gasteiger partial charge is 0.00168 e. The Morgan fingerprint density at radius 2 is 1.73 bits per heavy atom. The van der Waals surface area contributed by atoms with Crippen molar-refractivity contribution >= 4 is 12.6 Å². The molecule has 0 N–H and O–H groups in total. The van der Waals surface area contributed by atoms with Gasteiger partial charge in [-0.1, -0.05) is 33.6 Å². The highest BCUT2D eigenvalue weighted by atomic mass is 32.1. The van der Waals surface area contributed by atoms with E-state index in [1.807, 2.05) is 0 Å². The lowest BCUT2D eigenvalue weighted by atomic mass is 10.0. The summed E-state index contributed by atoms with van der Waals surface area (Å²) in [5.74, 6) is 0.890. The van der Waals surface area contributed by atoms with E-state index in [4.69, 9.17) is 0 Å². The summed E-state index contributed by atoms with van der Waals surface area (Å²) in [5, 5.41) is 0.647. The summed E-state index contributed by atoms with van der Waals surface area (Å²) in [4.78, 5) is 0. The number of thiol groups is 1. The normalized spacial score (nSPS) is 16.4. The molecule has 0 spiro atoms. The van der Waals surface area contributed by atoms with Crippen molar-refractivity contribution in [1.82, 2.24) is 0 Å². The van der Waals surface area contributed by atoms with Crippen molar-refractivity contribution in [3.63, 3.8) is 0 Å². The Bertz CT molecular complexity index is 80.9. The van der Waals surface area contributed by atoms with Gasteiger partial charge >= 0.3 is 0 Å². The van der Waals surface area contributed by atoms with Crippen molar-refractivity contribution in [1.29, 1.82) is 0 Å². The fraction of sp³-hybridized carbons (Fsp3) is 1.00. The highest BCUT2D eigenvalue weighted by molar-refractivity contribution is 7.80. The van der Waals surface area contributed by atoms with Crippen LogP contribution in [0.4, 0.5) is 0 Å². The fourth-order valence-corrected chi connectivity index (χ4v) is 1.57. The summed E-state index contributed by atoms with van der Waals surface area (Å²) < 4.78 is 0. The number of hydrogen-bond acceptors (Lipinski definition) is 1. The van der Waals surface area contributed by atoms with Gasteiger partial charge in [0.25, 0.3) is 0 Å². The van der Waals surface area contributed by atoms with Crippen LogP contribution in [-0.4, -0.2) is 5.25 Å². The van der Waals surface area contributed by atoms with E-state index in [2.05, 4.69) is 33.4 Å². The molecule has 0 aliphatic heterocycles. The Morgan fingerprint density at radius 3 is 2.18 bits per heavy atom. The van der Waals surface area contributed by atoms with Crippen LogP contribution in [0.5, 0.6) is 0 Å². The molecule has 0 aliphatic rings. The number of rotatable bonds is 6. The van der Waals surface area contributed by atoms with Crippen molar-refractivity contribution in [3.8, 4) is 0 Å². The van der Waals surface area contributed by atoms with Crippen molar-refractivity contribution < 1.29 is 0 Å². The lowest BCUT2D eigenvalue weighted by Crippen LogP contribution is -2.01. The molecule has 0 aliphatic carbocycles. The first-order valence-electron chi connectivity index (χ1n) is 4.88. The second-order valence-electron chi connectivity index (χ2n) is 3.53. The van der Waals surface area contributed by atoms with Crippen LogP contribution >= 0.6 is 12.6 Å². The van der Waals surface area contributed by atoms with Gasteiger partial charge in [0.1, 0.15) is 0 Å². The third-order valence-electron chi connectivity index (χ3n) is 2.31. The van der Waals surface area contributed by atoms with Gasteiger partial charge < -0.3 is 0 Å². The van der Waals surface area contributed by atoms with E-state index in [0.717, 1.165) is 5.92 Å². The first-order chi connectivity index (χ1) is 5.20. The predicted molar refractivity (Wildman–Crippen MR) is 56.4 cm³/mol. The van der Waals surface area contributed by atoms with Crippen LogP contribution in [0.15, 0.2) is 0 Å². The van der Waals surface area contributed by atoms with Gasteiger partial charge in [-0.25, -0.2) is 0 Å². The van der Waals surface area contributed by atoms with E-state index in [-0.39, 0.29) is 0 Å². The molecule has 2 unspecified atom stereocenters. The van der Waals surface area contributed by atoms with Crippen LogP contribution < -0.4 is 0 Å². The molecule has 2 atom stereocenters. The number of hydrogen-bond donors (Lipinski definition) is 1. The zero-order valence-electron chi connectivity index (χ0n) is 8.14. The quantitative estimate of drug-likeness (QED) is 0.580. The summed E-state index contributed by atoms with van der Waals surface area (Å²) in [6.07, 6.45) is 6.51. The second-order valence-corrected chi connectivity index (χ2v) is 4.26. The topological polar surface area (TPSA) is 0 Å². The van der Waals surface area contributed by atoms with Crippen molar-refractivity contribution in [2.24, 2.45) is 5.92 Å². The highest BCUT2D eigenvalue weighted by Crippen LogP contribution is 2.17. The third-order valence-corrected chi connectivity index (χ3v) is 2.83. The third kappa shape index (κ3) is 6.74. The minimum atomic E-state index is 0.647. The minimum Gasteiger partial charge on any atom is -0.176 e. The summed E-state index contributed by atoms with van der Waals surface area (Å²) in [7, 11) is 0. The monoisotopic (exact) mass is 174 g/mol. The van der Waals surface area contributed by atoms with Crippen LogP contribution in [0.3, 0.4) is 0 Å². The zero-order valence-corrected chi connectivity index (χ0v) is 9.03. The van der Waals surface area contributed by atoms with Gasteiger partial charge in [0.05, 0.1) is 0 Å². The molecule has 0 heterocycles. The Labute approximate surface area is 77.2 Å². The van der Waals surface area contributed by atoms with E-state index >= 15 is 0 Å². The Hall–Kier alpha value is 0.350. The van der Waals surface area contributed by atoms with E-state index < -0.39 is 0 Å². The lowest BCUT2D eigenvalue weighted by molar-refractivity contribution is 0.483. The standard InChI is InChI=1S/C10H22S/c1-4-6-10(11)8-7-9(3)5-2/h9-11H,4-8H2,1-3H3. The predicted octanol–water partition coefficient (Wildman–Crippen LogP) is 3.91. The molecule has 0 saturated carbocycles. The summed E-state index contributed by atoms with van der Waals surface area (Å²) in [5.41, 5.74) is 0. The summed E-state index contributed by atoms with van der Waals surface area (Å²) in [6.45, 7) is 6.82. The average molecular weight is 174 g/mol. The van der Waals surface area contributed by atoms with Crippen LogP contribution in [0.1, 0.15) is 52.9 Å². The molecule has 0 aromatic heterocycles. The molecule has 0 nitrogen and oxygen atoms in total. The first kappa shape index (κ1) is 11.4. The molecule has 0 radical (unpaired) electrons. The van der Waals surface area contributed by atoms with Gasteiger partial charge in [-0.05, 0) is 25.2 Å². The summed E-state index contributed by atoms with van der Waals surface area (Å²) in [6, 6.07) is 0. The molecule has 0 fully saturated rings. The molecule has 0 saturated heterocycles. The Balaban J connectivity index is 3.22. The van der Waals surface area contributed by atoms with E-state index in [9.17, 15) is 0 Å². The molecule has 0 aromatic rings. The molecule has 0 rings (SSSR count). The lowest BCUT2D eigenvalue weighted by Gasteiger charge is -2.12. The van der Waals surface area contributed by atoms with Gasteiger partial charge in [-0.2, -0.15) is 12.6 Å². The van der Waals surface area contributed by atoms with Gasteiger partial charge in [-0.15, -0.1) is 0 Å². The maximum Gasteiger partial charge on any atom is 0.00168 e. The summed E-state index contributed by atoms with van der Waals surface area (Å²) >= 11 is 4.52. The molecular weight excluding hydrogens is 152 g/mol. The Kier molecular flexibility index (Phi) is 7.25. The fourth-order valence-electron chi connectivity index (χ4n) is 1.16. The zero-order chi connectivity index (χ0) is 8.69. The van der Waals surface area contributed by atoms with E-state index in [1.165, 1.54) is 32.1 Å². The van der Waals surface area contributed by atoms with Crippen LogP contribution in [0, 0.1) is 5.92 Å². The second kappa shape index (κ2) is 7.02. The van der Waals surface area contributed by atoms with Gasteiger partial charge in [0.2, 0.25) is 0 Å². The maximum absolute atomic E-state index is 4.52. The molecular formula is C10H22S. The molecule has 1 heteroatoms. The Morgan fingerprint density at radius 1 is 1.09 bits per heavy atom. The van der Waals surface area contributed by atoms with Crippen LogP contribution in [0.25, 0.3) is 0 Å².